The average molecular weight is 438 g/mol. The van der Waals surface area contributed by atoms with Gasteiger partial charge >= 0.3 is 12.0 Å². The van der Waals surface area contributed by atoms with E-state index in [9.17, 15) is 14.4 Å². The summed E-state index contributed by atoms with van der Waals surface area (Å²) >= 11 is 0. The van der Waals surface area contributed by atoms with E-state index < -0.39 is 24.0 Å². The molecule has 3 aromatic rings. The van der Waals surface area contributed by atoms with Crippen LogP contribution in [-0.2, 0) is 9.53 Å². The van der Waals surface area contributed by atoms with E-state index in [-0.39, 0.29) is 5.69 Å². The van der Waals surface area contributed by atoms with E-state index in [1.165, 1.54) is 25.8 Å². The lowest BCUT2D eigenvalue weighted by molar-refractivity contribution is -0.127. The molecule has 0 aliphatic rings. The number of benzene rings is 2. The van der Waals surface area contributed by atoms with Crippen LogP contribution >= 0.6 is 0 Å². The number of aromatic nitrogens is 2. The largest absolute Gasteiger partial charge is 0.493 e. The molecule has 1 aromatic heterocycles. The maximum Gasteiger partial charge on any atom is 0.360 e. The van der Waals surface area contributed by atoms with Crippen LogP contribution in [0.1, 0.15) is 17.4 Å². The molecule has 0 bridgehead atoms. The lowest BCUT2D eigenvalue weighted by atomic mass is 10.1. The lowest BCUT2D eigenvalue weighted by Gasteiger charge is -2.12. The predicted molar refractivity (Wildman–Crippen MR) is 115 cm³/mol. The minimum absolute atomic E-state index is 0.0280. The summed E-state index contributed by atoms with van der Waals surface area (Å²) in [6.45, 7) is 1.32. The number of carbonyl (C=O) groups excluding carboxylic acids is 3. The standard InChI is InChI=1S/C22H22N4O6/c1-13(20(27)24-22(23)29)32-21(28)19-16(12-26(25-19)15-7-5-4-6-8-15)14-9-10-17(30-2)18(11-14)31-3/h4-13H,1-3H3,(H3,23,24,27,29). The van der Waals surface area contributed by atoms with E-state index >= 15 is 0 Å². The monoisotopic (exact) mass is 438 g/mol. The van der Waals surface area contributed by atoms with Gasteiger partial charge in [-0.1, -0.05) is 24.3 Å². The number of rotatable bonds is 7. The summed E-state index contributed by atoms with van der Waals surface area (Å²) in [7, 11) is 3.02. The zero-order valence-electron chi connectivity index (χ0n) is 17.7. The van der Waals surface area contributed by atoms with Gasteiger partial charge in [-0.3, -0.25) is 10.1 Å². The summed E-state index contributed by atoms with van der Waals surface area (Å²) in [6, 6.07) is 13.3. The smallest absolute Gasteiger partial charge is 0.360 e. The van der Waals surface area contributed by atoms with Gasteiger partial charge in [0.1, 0.15) is 0 Å². The molecule has 3 rings (SSSR count). The minimum atomic E-state index is -1.27. The van der Waals surface area contributed by atoms with Crippen LogP contribution in [0.25, 0.3) is 16.8 Å². The Balaban J connectivity index is 2.02. The van der Waals surface area contributed by atoms with Gasteiger partial charge in [0.2, 0.25) is 0 Å². The summed E-state index contributed by atoms with van der Waals surface area (Å²) in [6.07, 6.45) is 0.400. The Morgan fingerprint density at radius 2 is 1.72 bits per heavy atom. The molecule has 3 N–H and O–H groups in total. The zero-order chi connectivity index (χ0) is 23.3. The number of esters is 1. The van der Waals surface area contributed by atoms with Crippen LogP contribution in [0.15, 0.2) is 54.7 Å². The van der Waals surface area contributed by atoms with Crippen molar-refractivity contribution < 1.29 is 28.6 Å². The first-order chi connectivity index (χ1) is 15.3. The fraction of sp³-hybridized carbons (Fsp3) is 0.182. The molecule has 166 valence electrons. The molecule has 10 nitrogen and oxygen atoms in total. The Hall–Kier alpha value is -4.34. The van der Waals surface area contributed by atoms with Gasteiger partial charge in [-0.25, -0.2) is 14.3 Å². The van der Waals surface area contributed by atoms with Crippen molar-refractivity contribution in [1.29, 1.82) is 0 Å². The molecule has 0 saturated heterocycles. The van der Waals surface area contributed by atoms with Crippen LogP contribution in [0.2, 0.25) is 0 Å². The maximum absolute atomic E-state index is 12.9. The number of primary amides is 1. The summed E-state index contributed by atoms with van der Waals surface area (Å²) < 4.78 is 17.4. The summed E-state index contributed by atoms with van der Waals surface area (Å²) in [5, 5.41) is 6.25. The SMILES string of the molecule is COc1ccc(-c2cn(-c3ccccc3)nc2C(=O)OC(C)C(=O)NC(N)=O)cc1OC. The molecule has 0 spiro atoms. The summed E-state index contributed by atoms with van der Waals surface area (Å²) in [5.41, 5.74) is 6.69. The highest BCUT2D eigenvalue weighted by Crippen LogP contribution is 2.34. The third kappa shape index (κ3) is 4.86. The molecule has 2 aromatic carbocycles. The number of carbonyl (C=O) groups is 3. The van der Waals surface area contributed by atoms with E-state index in [0.717, 1.165) is 0 Å². The Labute approximate surface area is 183 Å². The number of amides is 3. The van der Waals surface area contributed by atoms with Gasteiger partial charge in [0, 0.05) is 11.8 Å². The molecule has 1 atom stereocenters. The number of ether oxygens (including phenoxy) is 3. The molecule has 10 heteroatoms. The number of imide groups is 1. The van der Waals surface area contributed by atoms with Crippen molar-refractivity contribution in [3.8, 4) is 28.3 Å². The molecule has 0 radical (unpaired) electrons. The maximum atomic E-state index is 12.9. The van der Waals surface area contributed by atoms with Crippen molar-refractivity contribution in [2.75, 3.05) is 14.2 Å². The van der Waals surface area contributed by atoms with Crippen molar-refractivity contribution in [2.24, 2.45) is 5.73 Å². The molecule has 0 aliphatic carbocycles. The number of nitrogens with zero attached hydrogens (tertiary/aromatic N) is 2. The van der Waals surface area contributed by atoms with E-state index in [0.29, 0.717) is 28.3 Å². The quantitative estimate of drug-likeness (QED) is 0.540. The van der Waals surface area contributed by atoms with Gasteiger partial charge in [-0.15, -0.1) is 0 Å². The molecule has 1 heterocycles. The first kappa shape index (κ1) is 22.3. The van der Waals surface area contributed by atoms with E-state index in [2.05, 4.69) is 5.10 Å². The fourth-order valence-electron chi connectivity index (χ4n) is 2.95. The second-order valence-electron chi connectivity index (χ2n) is 6.64. The molecule has 0 fully saturated rings. The number of nitrogens with two attached hydrogens (primary N) is 1. The topological polar surface area (TPSA) is 135 Å². The van der Waals surface area contributed by atoms with Crippen molar-refractivity contribution in [3.63, 3.8) is 0 Å². The number of urea groups is 1. The average Bonchev–Trinajstić information content (AvgIpc) is 3.24. The van der Waals surface area contributed by atoms with Crippen LogP contribution in [0.4, 0.5) is 4.79 Å². The van der Waals surface area contributed by atoms with Crippen molar-refractivity contribution in [1.82, 2.24) is 15.1 Å². The molecule has 0 saturated carbocycles. The van der Waals surface area contributed by atoms with E-state index in [1.54, 1.807) is 24.4 Å². The fourth-order valence-corrected chi connectivity index (χ4v) is 2.95. The van der Waals surface area contributed by atoms with Gasteiger partial charge in [-0.05, 0) is 36.8 Å². The Morgan fingerprint density at radius 3 is 2.34 bits per heavy atom. The van der Waals surface area contributed by atoms with Crippen LogP contribution in [0.5, 0.6) is 11.5 Å². The Bertz CT molecular complexity index is 1140. The second-order valence-corrected chi connectivity index (χ2v) is 6.64. The van der Waals surface area contributed by atoms with E-state index in [1.807, 2.05) is 35.6 Å². The lowest BCUT2D eigenvalue weighted by Crippen LogP contribution is -2.42. The van der Waals surface area contributed by atoms with Gasteiger partial charge < -0.3 is 19.9 Å². The van der Waals surface area contributed by atoms with E-state index in [4.69, 9.17) is 19.9 Å². The van der Waals surface area contributed by atoms with Crippen molar-refractivity contribution >= 4 is 17.9 Å². The van der Waals surface area contributed by atoms with Crippen LogP contribution in [0.3, 0.4) is 0 Å². The van der Waals surface area contributed by atoms with Gasteiger partial charge in [-0.2, -0.15) is 5.10 Å². The molecule has 1 unspecified atom stereocenters. The summed E-state index contributed by atoms with van der Waals surface area (Å²) in [4.78, 5) is 35.7. The number of methoxy groups -OCH3 is 2. The molecule has 0 aliphatic heterocycles. The first-order valence-corrected chi connectivity index (χ1v) is 9.52. The third-order valence-corrected chi connectivity index (χ3v) is 4.52. The number of para-hydroxylation sites is 1. The predicted octanol–water partition coefficient (Wildman–Crippen LogP) is 2.30. The number of hydrogen-bond acceptors (Lipinski definition) is 7. The van der Waals surface area contributed by atoms with Crippen LogP contribution < -0.4 is 20.5 Å². The highest BCUT2D eigenvalue weighted by atomic mass is 16.5. The normalized spacial score (nSPS) is 11.3. The van der Waals surface area contributed by atoms with Gasteiger partial charge in [0.15, 0.2) is 23.3 Å². The van der Waals surface area contributed by atoms with Gasteiger partial charge in [0.25, 0.3) is 5.91 Å². The van der Waals surface area contributed by atoms with Crippen LogP contribution in [-0.4, -0.2) is 48.0 Å². The number of nitrogens with one attached hydrogen (secondary N) is 1. The minimum Gasteiger partial charge on any atom is -0.493 e. The first-order valence-electron chi connectivity index (χ1n) is 9.52. The molecular formula is C22H22N4O6. The second kappa shape index (κ2) is 9.65. The Morgan fingerprint density at radius 1 is 1.03 bits per heavy atom. The third-order valence-electron chi connectivity index (χ3n) is 4.52. The highest BCUT2D eigenvalue weighted by molar-refractivity contribution is 5.99. The highest BCUT2D eigenvalue weighted by Gasteiger charge is 2.26. The molecule has 32 heavy (non-hydrogen) atoms. The zero-order valence-corrected chi connectivity index (χ0v) is 17.7. The summed E-state index contributed by atoms with van der Waals surface area (Å²) in [5.74, 6) is -0.712. The van der Waals surface area contributed by atoms with Gasteiger partial charge in [0.05, 0.1) is 19.9 Å². The molecular weight excluding hydrogens is 416 g/mol. The molecule has 3 amide bonds. The van der Waals surface area contributed by atoms with Crippen LogP contribution in [0, 0.1) is 0 Å². The Kier molecular flexibility index (Phi) is 6.74. The van der Waals surface area contributed by atoms with Crippen molar-refractivity contribution in [3.05, 3.63) is 60.4 Å². The van der Waals surface area contributed by atoms with Crippen molar-refractivity contribution in [2.45, 2.75) is 13.0 Å². The number of hydrogen-bond donors (Lipinski definition) is 2.